The Kier molecular flexibility index (Phi) is 18.9. The number of unbranched alkanes of at least 4 members (excludes halogenated alkanes) is 6. The van der Waals surface area contributed by atoms with Crippen molar-refractivity contribution < 1.29 is 19.7 Å². The summed E-state index contributed by atoms with van der Waals surface area (Å²) in [6.07, 6.45) is 20.9. The standard InChI is InChI=1S/C43H70O4/c1-5-9-21-35-33-43(39-25-13-15-27-41(39)46-31-19-17-29-44,40-26-14-16-28-42(40)47-32-20-18-30-45)34-36(22-10-6-2)38(24-12-8-4)37(35)23-11-7-3/h13-16,25-28,35-38,44-45H,5-12,17-24,29-34H2,1-4H3. The van der Waals surface area contributed by atoms with E-state index < -0.39 is 0 Å². The first-order valence-electron chi connectivity index (χ1n) is 19.8. The van der Waals surface area contributed by atoms with Gasteiger partial charge in [0.15, 0.2) is 0 Å². The highest BCUT2D eigenvalue weighted by molar-refractivity contribution is 5.52. The summed E-state index contributed by atoms with van der Waals surface area (Å²) in [5.41, 5.74) is 2.41. The maximum Gasteiger partial charge on any atom is 0.123 e. The first kappa shape index (κ1) is 39.4. The van der Waals surface area contributed by atoms with E-state index in [1.165, 1.54) is 88.2 Å². The number of aliphatic hydroxyl groups excluding tert-OH is 2. The van der Waals surface area contributed by atoms with E-state index in [0.29, 0.717) is 25.0 Å². The van der Waals surface area contributed by atoms with Crippen LogP contribution in [0.5, 0.6) is 11.5 Å². The first-order chi connectivity index (χ1) is 23.1. The predicted molar refractivity (Wildman–Crippen MR) is 199 cm³/mol. The lowest BCUT2D eigenvalue weighted by Gasteiger charge is -2.40. The van der Waals surface area contributed by atoms with Gasteiger partial charge in [-0.05, 0) is 87.2 Å². The molecule has 0 saturated heterocycles. The molecule has 0 amide bonds. The molecule has 3 rings (SSSR count). The van der Waals surface area contributed by atoms with Crippen LogP contribution in [-0.4, -0.2) is 36.6 Å². The average molecular weight is 651 g/mol. The van der Waals surface area contributed by atoms with Crippen molar-refractivity contribution >= 4 is 0 Å². The van der Waals surface area contributed by atoms with E-state index in [1.54, 1.807) is 0 Å². The normalized spacial score (nSPS) is 21.0. The second-order valence-corrected chi connectivity index (χ2v) is 14.5. The predicted octanol–water partition coefficient (Wildman–Crippen LogP) is 11.3. The zero-order valence-electron chi connectivity index (χ0n) is 30.7. The average Bonchev–Trinajstić information content (AvgIpc) is 3.23. The van der Waals surface area contributed by atoms with Crippen molar-refractivity contribution in [2.24, 2.45) is 23.7 Å². The van der Waals surface area contributed by atoms with Crippen LogP contribution in [0.1, 0.15) is 154 Å². The molecule has 1 aliphatic rings. The van der Waals surface area contributed by atoms with Crippen molar-refractivity contribution in [3.63, 3.8) is 0 Å². The molecule has 0 bridgehead atoms. The minimum atomic E-state index is -0.233. The zero-order valence-corrected chi connectivity index (χ0v) is 30.7. The third-order valence-corrected chi connectivity index (χ3v) is 11.0. The van der Waals surface area contributed by atoms with Gasteiger partial charge in [-0.1, -0.05) is 128 Å². The molecule has 0 heterocycles. The highest BCUT2D eigenvalue weighted by atomic mass is 16.5. The largest absolute Gasteiger partial charge is 0.493 e. The fraction of sp³-hybridized carbons (Fsp3) is 0.721. The highest BCUT2D eigenvalue weighted by Gasteiger charge is 2.49. The minimum absolute atomic E-state index is 0.201. The molecule has 4 atom stereocenters. The lowest BCUT2D eigenvalue weighted by atomic mass is 9.64. The number of aliphatic hydroxyl groups is 2. The third kappa shape index (κ3) is 11.5. The van der Waals surface area contributed by atoms with Crippen LogP contribution in [-0.2, 0) is 5.41 Å². The fourth-order valence-electron chi connectivity index (χ4n) is 8.68. The van der Waals surface area contributed by atoms with Gasteiger partial charge in [0.05, 0.1) is 13.2 Å². The molecular weight excluding hydrogens is 580 g/mol. The molecule has 2 aromatic carbocycles. The van der Waals surface area contributed by atoms with E-state index in [9.17, 15) is 10.2 Å². The first-order valence-corrected chi connectivity index (χ1v) is 19.8. The summed E-state index contributed by atoms with van der Waals surface area (Å²) < 4.78 is 13.3. The quantitative estimate of drug-likeness (QED) is 0.0877. The van der Waals surface area contributed by atoms with E-state index in [1.807, 2.05) is 0 Å². The van der Waals surface area contributed by atoms with Crippen LogP contribution >= 0.6 is 0 Å². The molecule has 266 valence electrons. The van der Waals surface area contributed by atoms with Crippen LogP contribution in [0.2, 0.25) is 0 Å². The van der Waals surface area contributed by atoms with Crippen molar-refractivity contribution in [3.05, 3.63) is 59.7 Å². The molecule has 1 saturated carbocycles. The van der Waals surface area contributed by atoms with E-state index in [-0.39, 0.29) is 18.6 Å². The van der Waals surface area contributed by atoms with Gasteiger partial charge < -0.3 is 19.7 Å². The zero-order chi connectivity index (χ0) is 33.7. The van der Waals surface area contributed by atoms with Gasteiger partial charge in [0.1, 0.15) is 11.5 Å². The number of hydrogen-bond acceptors (Lipinski definition) is 4. The summed E-state index contributed by atoms with van der Waals surface area (Å²) >= 11 is 0. The summed E-state index contributed by atoms with van der Waals surface area (Å²) in [5.74, 6) is 4.76. The summed E-state index contributed by atoms with van der Waals surface area (Å²) in [5, 5.41) is 18.9. The smallest absolute Gasteiger partial charge is 0.123 e. The Labute approximate surface area is 289 Å². The number of benzene rings is 2. The van der Waals surface area contributed by atoms with Gasteiger partial charge in [-0.3, -0.25) is 0 Å². The van der Waals surface area contributed by atoms with E-state index in [4.69, 9.17) is 9.47 Å². The van der Waals surface area contributed by atoms with Crippen LogP contribution < -0.4 is 9.47 Å². The topological polar surface area (TPSA) is 58.9 Å². The van der Waals surface area contributed by atoms with Crippen molar-refractivity contribution in [2.75, 3.05) is 26.4 Å². The lowest BCUT2D eigenvalue weighted by molar-refractivity contribution is 0.136. The highest BCUT2D eigenvalue weighted by Crippen LogP contribution is 2.58. The molecule has 0 radical (unpaired) electrons. The van der Waals surface area contributed by atoms with Gasteiger partial charge in [0.2, 0.25) is 0 Å². The molecule has 0 aliphatic heterocycles. The molecule has 4 heteroatoms. The molecule has 0 aromatic heterocycles. The van der Waals surface area contributed by atoms with Crippen molar-refractivity contribution in [1.82, 2.24) is 0 Å². The van der Waals surface area contributed by atoms with Gasteiger partial charge in [0, 0.05) is 29.8 Å². The van der Waals surface area contributed by atoms with E-state index >= 15 is 0 Å². The Hall–Kier alpha value is -2.04. The summed E-state index contributed by atoms with van der Waals surface area (Å²) in [6.45, 7) is 11.1. The molecule has 2 N–H and O–H groups in total. The van der Waals surface area contributed by atoms with Crippen LogP contribution in [0, 0.1) is 23.7 Å². The maximum atomic E-state index is 9.47. The molecule has 2 aromatic rings. The summed E-state index contributed by atoms with van der Waals surface area (Å²) in [6, 6.07) is 17.8. The molecule has 1 aliphatic carbocycles. The molecule has 0 spiro atoms. The minimum Gasteiger partial charge on any atom is -0.493 e. The van der Waals surface area contributed by atoms with Gasteiger partial charge in [-0.25, -0.2) is 0 Å². The summed E-state index contributed by atoms with van der Waals surface area (Å²) in [7, 11) is 0. The lowest BCUT2D eigenvalue weighted by Crippen LogP contribution is -2.33. The van der Waals surface area contributed by atoms with Gasteiger partial charge >= 0.3 is 0 Å². The molecule has 4 unspecified atom stereocenters. The van der Waals surface area contributed by atoms with E-state index in [0.717, 1.165) is 61.9 Å². The van der Waals surface area contributed by atoms with Crippen LogP contribution in [0.15, 0.2) is 48.5 Å². The number of hydrogen-bond donors (Lipinski definition) is 2. The molecule has 1 fully saturated rings. The Morgan fingerprint density at radius 2 is 0.915 bits per heavy atom. The second-order valence-electron chi connectivity index (χ2n) is 14.5. The Bertz CT molecular complexity index is 997. The monoisotopic (exact) mass is 651 g/mol. The fourth-order valence-corrected chi connectivity index (χ4v) is 8.68. The third-order valence-electron chi connectivity index (χ3n) is 11.0. The van der Waals surface area contributed by atoms with E-state index in [2.05, 4.69) is 76.2 Å². The van der Waals surface area contributed by atoms with Gasteiger partial charge in [-0.15, -0.1) is 0 Å². The SMILES string of the molecule is CCCCC1CC(c2ccccc2OCCCCO)(c2ccccc2OCCCCO)CC(CCCC)C(CCCC)C1CCCC. The van der Waals surface area contributed by atoms with Crippen LogP contribution in [0.4, 0.5) is 0 Å². The maximum absolute atomic E-state index is 9.47. The van der Waals surface area contributed by atoms with Crippen LogP contribution in [0.25, 0.3) is 0 Å². The van der Waals surface area contributed by atoms with Gasteiger partial charge in [-0.2, -0.15) is 0 Å². The van der Waals surface area contributed by atoms with Crippen LogP contribution in [0.3, 0.4) is 0 Å². The number of rotatable bonds is 24. The summed E-state index contributed by atoms with van der Waals surface area (Å²) in [4.78, 5) is 0. The Balaban J connectivity index is 2.30. The Morgan fingerprint density at radius 1 is 0.532 bits per heavy atom. The molecule has 4 nitrogen and oxygen atoms in total. The Morgan fingerprint density at radius 3 is 1.30 bits per heavy atom. The number of ether oxygens (including phenoxy) is 2. The number of para-hydroxylation sites is 2. The second kappa shape index (κ2) is 22.6. The van der Waals surface area contributed by atoms with Crippen molar-refractivity contribution in [3.8, 4) is 11.5 Å². The van der Waals surface area contributed by atoms with Crippen molar-refractivity contribution in [1.29, 1.82) is 0 Å². The molecular formula is C43H70O4. The van der Waals surface area contributed by atoms with Crippen molar-refractivity contribution in [2.45, 2.75) is 149 Å². The van der Waals surface area contributed by atoms with Gasteiger partial charge in [0.25, 0.3) is 0 Å². The molecule has 47 heavy (non-hydrogen) atoms.